The first-order chi connectivity index (χ1) is 8.19. The molecule has 86 valence electrons. The Hall–Kier alpha value is -2.15. The third kappa shape index (κ3) is 3.72. The standard InChI is InChI=1S/C11H8ClN3O2/c1-17-11(16)9-7-8(4-5-10(9)12)3-2-6-14-15-13/h4-5,7H,6H2,1H3. The van der Waals surface area contributed by atoms with Gasteiger partial charge in [0.25, 0.3) is 0 Å². The van der Waals surface area contributed by atoms with Crippen molar-refractivity contribution in [3.63, 3.8) is 0 Å². The van der Waals surface area contributed by atoms with Crippen LogP contribution in [-0.4, -0.2) is 19.6 Å². The average Bonchev–Trinajstić information content (AvgIpc) is 2.35. The van der Waals surface area contributed by atoms with E-state index in [1.807, 2.05) is 0 Å². The summed E-state index contributed by atoms with van der Waals surface area (Å²) in [7, 11) is 1.28. The SMILES string of the molecule is COC(=O)c1cc(C#CCN=[N+]=[N-])ccc1Cl. The third-order valence-electron chi connectivity index (χ3n) is 1.82. The lowest BCUT2D eigenvalue weighted by atomic mass is 10.1. The van der Waals surface area contributed by atoms with Crippen LogP contribution < -0.4 is 0 Å². The number of halogens is 1. The summed E-state index contributed by atoms with van der Waals surface area (Å²) in [5.74, 6) is 4.87. The molecule has 0 atom stereocenters. The number of ether oxygens (including phenoxy) is 1. The van der Waals surface area contributed by atoms with E-state index >= 15 is 0 Å². The molecule has 1 aromatic carbocycles. The van der Waals surface area contributed by atoms with E-state index in [1.54, 1.807) is 12.1 Å². The highest BCUT2D eigenvalue weighted by molar-refractivity contribution is 6.33. The van der Waals surface area contributed by atoms with Gasteiger partial charge in [0.2, 0.25) is 0 Å². The molecule has 0 N–H and O–H groups in total. The molecule has 0 spiro atoms. The molecule has 0 aromatic heterocycles. The van der Waals surface area contributed by atoms with Gasteiger partial charge in [-0.3, -0.25) is 0 Å². The lowest BCUT2D eigenvalue weighted by Gasteiger charge is -2.02. The number of hydrogen-bond donors (Lipinski definition) is 0. The molecule has 1 rings (SSSR count). The summed E-state index contributed by atoms with van der Waals surface area (Å²) < 4.78 is 4.58. The third-order valence-corrected chi connectivity index (χ3v) is 2.15. The Kier molecular flexibility index (Phi) is 4.89. The summed E-state index contributed by atoms with van der Waals surface area (Å²) in [5.41, 5.74) is 8.91. The molecule has 0 bridgehead atoms. The van der Waals surface area contributed by atoms with E-state index in [1.165, 1.54) is 13.2 Å². The van der Waals surface area contributed by atoms with Gasteiger partial charge in [-0.2, -0.15) is 0 Å². The largest absolute Gasteiger partial charge is 0.465 e. The molecule has 0 fully saturated rings. The lowest BCUT2D eigenvalue weighted by molar-refractivity contribution is 0.0601. The number of carbonyl (C=O) groups excluding carboxylic acids is 1. The van der Waals surface area contributed by atoms with Crippen LogP contribution in [0.4, 0.5) is 0 Å². The van der Waals surface area contributed by atoms with Crippen LogP contribution in [0.25, 0.3) is 10.4 Å². The van der Waals surface area contributed by atoms with Crippen molar-refractivity contribution in [1.29, 1.82) is 0 Å². The van der Waals surface area contributed by atoms with E-state index < -0.39 is 5.97 Å². The molecule has 0 aliphatic carbocycles. The van der Waals surface area contributed by atoms with Gasteiger partial charge in [0.05, 0.1) is 24.2 Å². The number of benzene rings is 1. The number of azide groups is 1. The summed E-state index contributed by atoms with van der Waals surface area (Å²) in [6.45, 7) is 0.0761. The predicted molar refractivity (Wildman–Crippen MR) is 63.7 cm³/mol. The topological polar surface area (TPSA) is 75.1 Å². The van der Waals surface area contributed by atoms with Crippen LogP contribution in [0, 0.1) is 11.8 Å². The molecule has 0 amide bonds. The average molecular weight is 250 g/mol. The fourth-order valence-electron chi connectivity index (χ4n) is 1.08. The number of methoxy groups -OCH3 is 1. The Morgan fingerprint density at radius 2 is 2.41 bits per heavy atom. The maximum atomic E-state index is 11.3. The summed E-state index contributed by atoms with van der Waals surface area (Å²) in [6.07, 6.45) is 0. The zero-order valence-corrected chi connectivity index (χ0v) is 9.73. The summed E-state index contributed by atoms with van der Waals surface area (Å²) >= 11 is 5.84. The molecular formula is C11H8ClN3O2. The van der Waals surface area contributed by atoms with Gasteiger partial charge in [0.15, 0.2) is 0 Å². The Morgan fingerprint density at radius 3 is 3.06 bits per heavy atom. The monoisotopic (exact) mass is 249 g/mol. The normalized spacial score (nSPS) is 8.59. The minimum Gasteiger partial charge on any atom is -0.465 e. The molecule has 0 saturated carbocycles. The highest BCUT2D eigenvalue weighted by Crippen LogP contribution is 2.18. The van der Waals surface area contributed by atoms with Gasteiger partial charge in [-0.15, -0.1) is 0 Å². The van der Waals surface area contributed by atoms with Gasteiger partial charge >= 0.3 is 5.97 Å². The van der Waals surface area contributed by atoms with Crippen molar-refractivity contribution in [2.45, 2.75) is 0 Å². The molecule has 6 heteroatoms. The van der Waals surface area contributed by atoms with Crippen molar-refractivity contribution < 1.29 is 9.53 Å². The summed E-state index contributed by atoms with van der Waals surface area (Å²) in [6, 6.07) is 4.75. The number of nitrogens with zero attached hydrogens (tertiary/aromatic N) is 3. The van der Waals surface area contributed by atoms with E-state index in [4.69, 9.17) is 17.1 Å². The molecule has 0 radical (unpaired) electrons. The van der Waals surface area contributed by atoms with Gasteiger partial charge in [0, 0.05) is 10.5 Å². The van der Waals surface area contributed by atoms with Crippen LogP contribution in [-0.2, 0) is 4.74 Å². The molecule has 0 aliphatic heterocycles. The lowest BCUT2D eigenvalue weighted by Crippen LogP contribution is -2.02. The van der Waals surface area contributed by atoms with Crippen LogP contribution >= 0.6 is 11.6 Å². The van der Waals surface area contributed by atoms with Crippen molar-refractivity contribution in [3.05, 3.63) is 44.8 Å². The highest BCUT2D eigenvalue weighted by atomic mass is 35.5. The number of carbonyl (C=O) groups is 1. The first-order valence-electron chi connectivity index (χ1n) is 4.56. The van der Waals surface area contributed by atoms with Crippen molar-refractivity contribution in [1.82, 2.24) is 0 Å². The fraction of sp³-hybridized carbons (Fsp3) is 0.182. The maximum Gasteiger partial charge on any atom is 0.339 e. The number of esters is 1. The van der Waals surface area contributed by atoms with Crippen LogP contribution in [0.15, 0.2) is 23.3 Å². The second-order valence-electron chi connectivity index (χ2n) is 2.88. The van der Waals surface area contributed by atoms with Crippen molar-refractivity contribution in [3.8, 4) is 11.8 Å². The van der Waals surface area contributed by atoms with Gasteiger partial charge in [-0.1, -0.05) is 28.6 Å². The maximum absolute atomic E-state index is 11.3. The summed E-state index contributed by atoms with van der Waals surface area (Å²) in [4.78, 5) is 13.9. The molecular weight excluding hydrogens is 242 g/mol. The van der Waals surface area contributed by atoms with Crippen LogP contribution in [0.2, 0.25) is 5.02 Å². The Balaban J connectivity index is 2.98. The van der Waals surface area contributed by atoms with Crippen LogP contribution in [0.3, 0.4) is 0 Å². The van der Waals surface area contributed by atoms with E-state index in [0.717, 1.165) is 0 Å². The quantitative estimate of drug-likeness (QED) is 0.266. The van der Waals surface area contributed by atoms with Crippen LogP contribution in [0.1, 0.15) is 15.9 Å². The van der Waals surface area contributed by atoms with E-state index in [0.29, 0.717) is 10.6 Å². The van der Waals surface area contributed by atoms with Gasteiger partial charge in [0.1, 0.15) is 0 Å². The van der Waals surface area contributed by atoms with Crippen LogP contribution in [0.5, 0.6) is 0 Å². The van der Waals surface area contributed by atoms with E-state index in [-0.39, 0.29) is 12.1 Å². The molecule has 0 aliphatic rings. The molecule has 0 unspecified atom stereocenters. The summed E-state index contributed by atoms with van der Waals surface area (Å²) in [5, 5.41) is 3.57. The zero-order chi connectivity index (χ0) is 12.7. The van der Waals surface area contributed by atoms with Crippen molar-refractivity contribution >= 4 is 17.6 Å². The Morgan fingerprint density at radius 1 is 1.65 bits per heavy atom. The van der Waals surface area contributed by atoms with E-state index in [2.05, 4.69) is 26.6 Å². The minimum absolute atomic E-state index is 0.0761. The Bertz CT molecular complexity index is 539. The fourth-order valence-corrected chi connectivity index (χ4v) is 1.27. The Labute approximate surface area is 103 Å². The smallest absolute Gasteiger partial charge is 0.339 e. The molecule has 0 saturated heterocycles. The van der Waals surface area contributed by atoms with E-state index in [9.17, 15) is 4.79 Å². The first kappa shape index (κ1) is 12.9. The number of rotatable bonds is 2. The van der Waals surface area contributed by atoms with Gasteiger partial charge in [-0.25, -0.2) is 4.79 Å². The molecule has 17 heavy (non-hydrogen) atoms. The predicted octanol–water partition coefficient (Wildman–Crippen LogP) is 2.79. The second-order valence-corrected chi connectivity index (χ2v) is 3.28. The van der Waals surface area contributed by atoms with Gasteiger partial charge < -0.3 is 4.74 Å². The number of hydrogen-bond acceptors (Lipinski definition) is 3. The molecule has 5 nitrogen and oxygen atoms in total. The molecule has 0 heterocycles. The molecule has 1 aromatic rings. The zero-order valence-electron chi connectivity index (χ0n) is 8.98. The van der Waals surface area contributed by atoms with Gasteiger partial charge in [-0.05, 0) is 23.7 Å². The van der Waals surface area contributed by atoms with Crippen molar-refractivity contribution in [2.24, 2.45) is 5.11 Å². The first-order valence-corrected chi connectivity index (χ1v) is 4.94. The van der Waals surface area contributed by atoms with Crippen molar-refractivity contribution in [2.75, 3.05) is 13.7 Å². The second kappa shape index (κ2) is 6.44. The minimum atomic E-state index is -0.520. The highest BCUT2D eigenvalue weighted by Gasteiger charge is 2.10.